The van der Waals surface area contributed by atoms with Crippen molar-refractivity contribution in [3.8, 4) is 0 Å². The molecule has 7 nitrogen and oxygen atoms in total. The number of rotatable bonds is 6. The molecule has 4 aromatic rings. The zero-order valence-electron chi connectivity index (χ0n) is 14.5. The van der Waals surface area contributed by atoms with E-state index in [1.165, 1.54) is 10.1 Å². The maximum Gasteiger partial charge on any atom is 0.272 e. The van der Waals surface area contributed by atoms with Crippen LogP contribution in [0.3, 0.4) is 0 Å². The maximum absolute atomic E-state index is 12.1. The predicted molar refractivity (Wildman–Crippen MR) is 98.8 cm³/mol. The number of nitrogens with zero attached hydrogens (tertiary/aromatic N) is 5. The number of nitrogens with one attached hydrogen (secondary N) is 1. The van der Waals surface area contributed by atoms with Crippen LogP contribution in [0.5, 0.6) is 0 Å². The molecule has 0 aliphatic rings. The first-order valence-corrected chi connectivity index (χ1v) is 8.47. The number of aromatic nitrogens is 5. The van der Waals surface area contributed by atoms with Crippen LogP contribution >= 0.6 is 0 Å². The summed E-state index contributed by atoms with van der Waals surface area (Å²) in [6.45, 7) is 2.04. The fraction of sp³-hybridized carbons (Fsp3) is 0.211. The van der Waals surface area contributed by atoms with Crippen molar-refractivity contribution in [2.75, 3.05) is 7.05 Å². The zero-order chi connectivity index (χ0) is 17.9. The fourth-order valence-corrected chi connectivity index (χ4v) is 3.05. The van der Waals surface area contributed by atoms with Crippen LogP contribution in [0.15, 0.2) is 65.8 Å². The lowest BCUT2D eigenvalue weighted by molar-refractivity contribution is 0.302. The van der Waals surface area contributed by atoms with Gasteiger partial charge in [-0.05, 0) is 12.6 Å². The number of fused-ring (bicyclic) bond motifs is 1. The molecule has 0 unspecified atom stereocenters. The molecule has 7 heteroatoms. The van der Waals surface area contributed by atoms with E-state index >= 15 is 0 Å². The summed E-state index contributed by atoms with van der Waals surface area (Å²) in [6, 6.07) is 13.7. The molecule has 4 rings (SSSR count). The van der Waals surface area contributed by atoms with Crippen molar-refractivity contribution in [3.05, 3.63) is 88.5 Å². The van der Waals surface area contributed by atoms with E-state index in [0.29, 0.717) is 18.7 Å². The molecule has 0 saturated carbocycles. The standard InChI is InChI=1S/C19H20N6O/c1-23(13-16-11-19(26)25-17(22-16)7-8-21-25)14-18-20-9-10-24(18)12-15-5-3-2-4-6-15/h2-11,21H,12-14H2,1H3. The van der Waals surface area contributed by atoms with E-state index in [1.54, 1.807) is 18.3 Å². The Morgan fingerprint density at radius 3 is 2.85 bits per heavy atom. The summed E-state index contributed by atoms with van der Waals surface area (Å²) in [5.74, 6) is 0.982. The molecule has 0 amide bonds. The van der Waals surface area contributed by atoms with E-state index in [2.05, 4.69) is 36.7 Å². The first-order valence-electron chi connectivity index (χ1n) is 8.47. The third-order valence-electron chi connectivity index (χ3n) is 4.27. The van der Waals surface area contributed by atoms with Gasteiger partial charge in [-0.25, -0.2) is 14.5 Å². The average molecular weight is 348 g/mol. The van der Waals surface area contributed by atoms with Crippen molar-refractivity contribution < 1.29 is 0 Å². The Balaban J connectivity index is 1.47. The van der Waals surface area contributed by atoms with Gasteiger partial charge in [0.25, 0.3) is 5.56 Å². The second-order valence-corrected chi connectivity index (χ2v) is 6.37. The first kappa shape index (κ1) is 16.3. The fourth-order valence-electron chi connectivity index (χ4n) is 3.05. The molecule has 0 saturated heterocycles. The van der Waals surface area contributed by atoms with Gasteiger partial charge in [0.15, 0.2) is 5.65 Å². The third kappa shape index (κ3) is 3.43. The van der Waals surface area contributed by atoms with Gasteiger partial charge in [0, 0.05) is 43.8 Å². The molecule has 3 heterocycles. The first-order chi connectivity index (χ1) is 12.7. The second-order valence-electron chi connectivity index (χ2n) is 6.37. The maximum atomic E-state index is 12.1. The minimum atomic E-state index is -0.103. The number of hydrogen-bond donors (Lipinski definition) is 1. The Morgan fingerprint density at radius 2 is 2.00 bits per heavy atom. The van der Waals surface area contributed by atoms with E-state index in [-0.39, 0.29) is 5.56 Å². The van der Waals surface area contributed by atoms with E-state index in [9.17, 15) is 4.79 Å². The lowest BCUT2D eigenvalue weighted by Gasteiger charge is -2.17. The summed E-state index contributed by atoms with van der Waals surface area (Å²) in [6.07, 6.45) is 5.52. The number of benzene rings is 1. The molecule has 0 aliphatic heterocycles. The highest BCUT2D eigenvalue weighted by molar-refractivity contribution is 5.36. The highest BCUT2D eigenvalue weighted by Crippen LogP contribution is 2.09. The van der Waals surface area contributed by atoms with Crippen molar-refractivity contribution in [2.45, 2.75) is 19.6 Å². The minimum absolute atomic E-state index is 0.103. The third-order valence-corrected chi connectivity index (χ3v) is 4.27. The van der Waals surface area contributed by atoms with E-state index in [4.69, 9.17) is 0 Å². The Bertz CT molecular complexity index is 1060. The Hall–Kier alpha value is -3.19. The van der Waals surface area contributed by atoms with Gasteiger partial charge >= 0.3 is 0 Å². The number of hydrogen-bond acceptors (Lipinski definition) is 4. The Labute approximate surface area is 150 Å². The SMILES string of the molecule is CN(Cc1cc(=O)n2[nH]ccc2n1)Cc1nccn1Cc1ccccc1. The van der Waals surface area contributed by atoms with Crippen LogP contribution in [0, 0.1) is 0 Å². The summed E-state index contributed by atoms with van der Waals surface area (Å²) >= 11 is 0. The molecular weight excluding hydrogens is 328 g/mol. The molecular formula is C19H20N6O. The highest BCUT2D eigenvalue weighted by Gasteiger charge is 2.10. The molecule has 0 spiro atoms. The van der Waals surface area contributed by atoms with Gasteiger partial charge < -0.3 is 4.57 Å². The summed E-state index contributed by atoms with van der Waals surface area (Å²) in [5.41, 5.74) is 2.51. The van der Waals surface area contributed by atoms with Crippen molar-refractivity contribution in [1.82, 2.24) is 29.0 Å². The quantitative estimate of drug-likeness (QED) is 0.578. The van der Waals surface area contributed by atoms with Crippen LogP contribution in [0.1, 0.15) is 17.1 Å². The molecule has 0 fully saturated rings. The molecule has 0 aliphatic carbocycles. The summed E-state index contributed by atoms with van der Waals surface area (Å²) < 4.78 is 3.57. The van der Waals surface area contributed by atoms with Crippen LogP contribution in [0.4, 0.5) is 0 Å². The largest absolute Gasteiger partial charge is 0.329 e. The van der Waals surface area contributed by atoms with Gasteiger partial charge in [-0.1, -0.05) is 30.3 Å². The average Bonchev–Trinajstić information content (AvgIpc) is 3.26. The topological polar surface area (TPSA) is 71.2 Å². The monoisotopic (exact) mass is 348 g/mol. The molecule has 1 N–H and O–H groups in total. The second kappa shape index (κ2) is 6.97. The number of H-pyrrole nitrogens is 1. The molecule has 0 bridgehead atoms. The molecule has 1 aromatic carbocycles. The van der Waals surface area contributed by atoms with Crippen molar-refractivity contribution >= 4 is 5.65 Å². The van der Waals surface area contributed by atoms with Crippen LogP contribution in [-0.2, 0) is 19.6 Å². The Kier molecular flexibility index (Phi) is 4.37. The minimum Gasteiger partial charge on any atom is -0.329 e. The zero-order valence-corrected chi connectivity index (χ0v) is 14.5. The van der Waals surface area contributed by atoms with Gasteiger partial charge in [-0.2, -0.15) is 0 Å². The van der Waals surface area contributed by atoms with E-state index < -0.39 is 0 Å². The van der Waals surface area contributed by atoms with Crippen LogP contribution in [0.2, 0.25) is 0 Å². The number of aromatic amines is 1. The smallest absolute Gasteiger partial charge is 0.272 e. The van der Waals surface area contributed by atoms with E-state index in [0.717, 1.165) is 18.1 Å². The van der Waals surface area contributed by atoms with E-state index in [1.807, 2.05) is 37.6 Å². The van der Waals surface area contributed by atoms with Gasteiger partial charge in [-0.3, -0.25) is 14.8 Å². The summed E-state index contributed by atoms with van der Waals surface area (Å²) in [4.78, 5) is 23.2. The summed E-state index contributed by atoms with van der Waals surface area (Å²) in [7, 11) is 2.00. The lowest BCUT2D eigenvalue weighted by atomic mass is 10.2. The molecule has 0 atom stereocenters. The molecule has 3 aromatic heterocycles. The predicted octanol–water partition coefficient (Wildman–Crippen LogP) is 1.90. The summed E-state index contributed by atoms with van der Waals surface area (Å²) in [5, 5.41) is 2.85. The van der Waals surface area contributed by atoms with Crippen molar-refractivity contribution in [2.24, 2.45) is 0 Å². The van der Waals surface area contributed by atoms with Crippen molar-refractivity contribution in [1.29, 1.82) is 0 Å². The molecule has 26 heavy (non-hydrogen) atoms. The molecule has 132 valence electrons. The normalized spacial score (nSPS) is 11.5. The van der Waals surface area contributed by atoms with Crippen LogP contribution < -0.4 is 5.56 Å². The Morgan fingerprint density at radius 1 is 1.15 bits per heavy atom. The van der Waals surface area contributed by atoms with Gasteiger partial charge in [0.05, 0.1) is 12.2 Å². The van der Waals surface area contributed by atoms with Crippen molar-refractivity contribution in [3.63, 3.8) is 0 Å². The van der Waals surface area contributed by atoms with Gasteiger partial charge in [0.1, 0.15) is 5.82 Å². The molecule has 0 radical (unpaired) electrons. The number of imidazole rings is 1. The van der Waals surface area contributed by atoms with Crippen LogP contribution in [0.25, 0.3) is 5.65 Å². The van der Waals surface area contributed by atoms with Gasteiger partial charge in [0.2, 0.25) is 0 Å². The lowest BCUT2D eigenvalue weighted by Crippen LogP contribution is -2.23. The highest BCUT2D eigenvalue weighted by atomic mass is 16.1. The van der Waals surface area contributed by atoms with Gasteiger partial charge in [-0.15, -0.1) is 0 Å². The van der Waals surface area contributed by atoms with Crippen LogP contribution in [-0.4, -0.2) is 36.1 Å².